The molecule has 3 aliphatic rings. The molecule has 8 heteroatoms. The van der Waals surface area contributed by atoms with E-state index >= 15 is 0 Å². The van der Waals surface area contributed by atoms with Crippen molar-refractivity contribution < 1.29 is 14.7 Å². The highest BCUT2D eigenvalue weighted by atomic mass is 32.1. The summed E-state index contributed by atoms with van der Waals surface area (Å²) >= 11 is 1.35. The molecule has 6 rings (SSSR count). The van der Waals surface area contributed by atoms with Crippen LogP contribution in [0.1, 0.15) is 45.8 Å². The lowest BCUT2D eigenvalue weighted by molar-refractivity contribution is -0.144. The van der Waals surface area contributed by atoms with Gasteiger partial charge in [0.05, 0.1) is 11.6 Å². The predicted octanol–water partition coefficient (Wildman–Crippen LogP) is 4.02. The number of pyridine rings is 1. The third-order valence-electron chi connectivity index (χ3n) is 8.18. The minimum absolute atomic E-state index is 0.0716. The van der Waals surface area contributed by atoms with Crippen LogP contribution in [0.5, 0.6) is 0 Å². The van der Waals surface area contributed by atoms with E-state index in [1.807, 2.05) is 19.1 Å². The summed E-state index contributed by atoms with van der Waals surface area (Å²) in [5.41, 5.74) is 11.5. The zero-order valence-electron chi connectivity index (χ0n) is 19.8. The number of aryl methyl sites for hydroxylation is 2. The average Bonchev–Trinajstić information content (AvgIpc) is 3.31. The van der Waals surface area contributed by atoms with E-state index in [1.165, 1.54) is 28.2 Å². The molecule has 3 aromatic rings. The summed E-state index contributed by atoms with van der Waals surface area (Å²) in [4.78, 5) is 33.0. The molecular formula is C27H30N4O3S. The molecule has 2 bridgehead atoms. The van der Waals surface area contributed by atoms with Gasteiger partial charge in [0.2, 0.25) is 0 Å². The fourth-order valence-electron chi connectivity index (χ4n) is 6.41. The van der Waals surface area contributed by atoms with Crippen molar-refractivity contribution in [3.63, 3.8) is 0 Å². The van der Waals surface area contributed by atoms with Crippen LogP contribution in [0, 0.1) is 24.7 Å². The lowest BCUT2D eigenvalue weighted by atomic mass is 9.84. The molecule has 4 N–H and O–H groups in total. The quantitative estimate of drug-likeness (QED) is 0.510. The number of amides is 1. The van der Waals surface area contributed by atoms with Crippen LogP contribution >= 0.6 is 11.3 Å². The Labute approximate surface area is 208 Å². The molecule has 2 fully saturated rings. The molecule has 1 aliphatic heterocycles. The average molecular weight is 491 g/mol. The zero-order valence-corrected chi connectivity index (χ0v) is 20.6. The molecule has 1 saturated carbocycles. The van der Waals surface area contributed by atoms with Gasteiger partial charge in [0.1, 0.15) is 9.71 Å². The van der Waals surface area contributed by atoms with Gasteiger partial charge >= 0.3 is 5.97 Å². The lowest BCUT2D eigenvalue weighted by Crippen LogP contribution is -2.45. The molecule has 2 aromatic heterocycles. The summed E-state index contributed by atoms with van der Waals surface area (Å²) in [6, 6.07) is 10.6. The van der Waals surface area contributed by atoms with Gasteiger partial charge in [-0.15, -0.1) is 11.3 Å². The third-order valence-corrected chi connectivity index (χ3v) is 9.29. The fourth-order valence-corrected chi connectivity index (χ4v) is 7.45. The smallest absolute Gasteiger partial charge is 0.307 e. The Kier molecular flexibility index (Phi) is 5.44. The number of nitrogen functional groups attached to an aromatic ring is 1. The summed E-state index contributed by atoms with van der Waals surface area (Å²) in [7, 11) is 0. The Morgan fingerprint density at radius 1 is 1.11 bits per heavy atom. The van der Waals surface area contributed by atoms with E-state index < -0.39 is 5.97 Å². The van der Waals surface area contributed by atoms with Crippen LogP contribution in [0.2, 0.25) is 0 Å². The summed E-state index contributed by atoms with van der Waals surface area (Å²) in [5.74, 6) is -0.419. The second kappa shape index (κ2) is 8.52. The number of piperidine rings is 1. The van der Waals surface area contributed by atoms with E-state index in [0.717, 1.165) is 61.1 Å². The van der Waals surface area contributed by atoms with Gasteiger partial charge < -0.3 is 21.1 Å². The zero-order chi connectivity index (χ0) is 24.3. The number of carbonyl (C=O) groups excluding carboxylic acids is 1. The van der Waals surface area contributed by atoms with Gasteiger partial charge in [-0.25, -0.2) is 4.98 Å². The van der Waals surface area contributed by atoms with Crippen molar-refractivity contribution in [3.05, 3.63) is 52.0 Å². The second-order valence-electron chi connectivity index (χ2n) is 10.4. The number of aliphatic carboxylic acids is 1. The highest BCUT2D eigenvalue weighted by molar-refractivity contribution is 7.21. The molecule has 1 unspecified atom stereocenters. The van der Waals surface area contributed by atoms with Gasteiger partial charge in [0.25, 0.3) is 5.91 Å². The van der Waals surface area contributed by atoms with E-state index in [1.54, 1.807) is 0 Å². The first-order chi connectivity index (χ1) is 16.9. The molecule has 4 atom stereocenters. The summed E-state index contributed by atoms with van der Waals surface area (Å²) in [6.07, 6.45) is 4.64. The first-order valence-electron chi connectivity index (χ1n) is 12.4. The van der Waals surface area contributed by atoms with Crippen molar-refractivity contribution in [3.8, 4) is 0 Å². The van der Waals surface area contributed by atoms with E-state index in [0.29, 0.717) is 10.6 Å². The molecule has 0 radical (unpaired) electrons. The molecule has 1 saturated heterocycles. The van der Waals surface area contributed by atoms with Crippen LogP contribution in [0.3, 0.4) is 0 Å². The van der Waals surface area contributed by atoms with Crippen LogP contribution in [0.4, 0.5) is 11.4 Å². The maximum Gasteiger partial charge on any atom is 0.307 e. The van der Waals surface area contributed by atoms with Gasteiger partial charge in [-0.1, -0.05) is 6.07 Å². The minimum Gasteiger partial charge on any atom is -0.481 e. The fraction of sp³-hybridized carbons (Fsp3) is 0.444. The maximum absolute atomic E-state index is 13.0. The Hall–Kier alpha value is -3.13. The highest BCUT2D eigenvalue weighted by Gasteiger charge is 2.46. The van der Waals surface area contributed by atoms with E-state index in [9.17, 15) is 14.7 Å². The molecule has 1 aromatic carbocycles. The number of thiophene rings is 1. The number of carboxylic acids is 1. The number of nitrogens with one attached hydrogen (secondary N) is 1. The molecule has 2 aliphatic carbocycles. The Morgan fingerprint density at radius 3 is 2.63 bits per heavy atom. The number of carboxylic acid groups (broad SMARTS) is 1. The number of benzene rings is 1. The summed E-state index contributed by atoms with van der Waals surface area (Å²) in [5, 5.41) is 13.6. The topological polar surface area (TPSA) is 109 Å². The second-order valence-corrected chi connectivity index (χ2v) is 11.4. The van der Waals surface area contributed by atoms with Gasteiger partial charge in [-0.3, -0.25) is 9.59 Å². The number of anilines is 2. The SMILES string of the molecule is Cc1ccc2c(N)c(C(=O)N[C@H]3CCc4cc(N5C[C@H]6CC[C@@H](C5)C6C(=O)O)ccc4C3)sc2n1. The Bertz CT molecular complexity index is 1320. The summed E-state index contributed by atoms with van der Waals surface area (Å²) in [6.45, 7) is 3.59. The first kappa shape index (κ1) is 22.3. The van der Waals surface area contributed by atoms with E-state index in [2.05, 4.69) is 33.4 Å². The molecule has 182 valence electrons. The first-order valence-corrected chi connectivity index (χ1v) is 13.2. The van der Waals surface area contributed by atoms with E-state index in [-0.39, 0.29) is 29.7 Å². The van der Waals surface area contributed by atoms with Crippen LogP contribution < -0.4 is 16.0 Å². The number of nitrogens with zero attached hydrogens (tertiary/aromatic N) is 2. The third kappa shape index (κ3) is 3.93. The molecule has 3 heterocycles. The maximum atomic E-state index is 13.0. The number of hydrogen-bond donors (Lipinski definition) is 3. The number of nitrogens with two attached hydrogens (primary N) is 1. The molecule has 7 nitrogen and oxygen atoms in total. The number of rotatable bonds is 4. The van der Waals surface area contributed by atoms with Crippen molar-refractivity contribution in [2.75, 3.05) is 23.7 Å². The van der Waals surface area contributed by atoms with E-state index in [4.69, 9.17) is 5.73 Å². The van der Waals surface area contributed by atoms with Crippen LogP contribution in [-0.2, 0) is 17.6 Å². The number of hydrogen-bond acceptors (Lipinski definition) is 6. The lowest BCUT2D eigenvalue weighted by Gasteiger charge is -2.38. The molecule has 35 heavy (non-hydrogen) atoms. The van der Waals surface area contributed by atoms with Crippen molar-refractivity contribution in [1.29, 1.82) is 0 Å². The number of fused-ring (bicyclic) bond motifs is 4. The standard InChI is InChI=1S/C27H30N4O3S/c1-14-2-9-21-23(28)24(35-26(21)29-14)25(32)30-19-7-5-16-11-20(8-6-15(16)10-19)31-12-17-3-4-18(13-31)22(17)27(33)34/h2,6,8-9,11,17-19,22H,3-5,7,10,12-13,28H2,1H3,(H,30,32)(H,33,34)/t17-,18+,19-,22?/m0/s1. The van der Waals surface area contributed by atoms with Gasteiger partial charge in [-0.05, 0) is 86.3 Å². The predicted molar refractivity (Wildman–Crippen MR) is 138 cm³/mol. The Balaban J connectivity index is 1.14. The molecule has 0 spiro atoms. The minimum atomic E-state index is -0.625. The van der Waals surface area contributed by atoms with Gasteiger partial charge in [0.15, 0.2) is 0 Å². The van der Waals surface area contributed by atoms with Crippen LogP contribution in [0.25, 0.3) is 10.2 Å². The van der Waals surface area contributed by atoms with Crippen LogP contribution in [-0.4, -0.2) is 41.1 Å². The summed E-state index contributed by atoms with van der Waals surface area (Å²) < 4.78 is 0. The monoisotopic (exact) mass is 490 g/mol. The largest absolute Gasteiger partial charge is 0.481 e. The molecular weight excluding hydrogens is 460 g/mol. The van der Waals surface area contributed by atoms with Crippen molar-refractivity contribution >= 4 is 44.8 Å². The van der Waals surface area contributed by atoms with Gasteiger partial charge in [0, 0.05) is 35.9 Å². The van der Waals surface area contributed by atoms with Crippen molar-refractivity contribution in [1.82, 2.24) is 10.3 Å². The number of aromatic nitrogens is 1. The normalized spacial score (nSPS) is 25.5. The Morgan fingerprint density at radius 2 is 1.89 bits per heavy atom. The number of carbonyl (C=O) groups is 2. The molecule has 1 amide bonds. The van der Waals surface area contributed by atoms with Crippen LogP contribution in [0.15, 0.2) is 30.3 Å². The van der Waals surface area contributed by atoms with Crippen molar-refractivity contribution in [2.24, 2.45) is 17.8 Å². The van der Waals surface area contributed by atoms with Gasteiger partial charge in [-0.2, -0.15) is 0 Å². The highest BCUT2D eigenvalue weighted by Crippen LogP contribution is 2.43. The van der Waals surface area contributed by atoms with Crippen molar-refractivity contribution in [2.45, 2.75) is 45.1 Å².